The van der Waals surface area contributed by atoms with Crippen LogP contribution in [0.4, 0.5) is 0 Å². The molecule has 0 aromatic heterocycles. The molecule has 2 unspecified atom stereocenters. The molecule has 0 amide bonds. The Hall–Kier alpha value is -0.870. The molecule has 0 radical (unpaired) electrons. The minimum Gasteiger partial charge on any atom is -0.323 e. The van der Waals surface area contributed by atoms with Crippen LogP contribution in [0.2, 0.25) is 0 Å². The summed E-state index contributed by atoms with van der Waals surface area (Å²) in [5.41, 5.74) is 13.1. The summed E-state index contributed by atoms with van der Waals surface area (Å²) in [5, 5.41) is -0.577. The molecule has 0 spiro atoms. The van der Waals surface area contributed by atoms with Crippen molar-refractivity contribution in [1.82, 2.24) is 0 Å². The fourth-order valence-electron chi connectivity index (χ4n) is 2.53. The van der Waals surface area contributed by atoms with Crippen molar-refractivity contribution >= 4 is 9.84 Å². The molecule has 0 aliphatic carbocycles. The molecule has 0 saturated carbocycles. The van der Waals surface area contributed by atoms with Crippen molar-refractivity contribution in [3.05, 3.63) is 33.4 Å². The lowest BCUT2D eigenvalue weighted by Gasteiger charge is -2.26. The number of sulfone groups is 1. The zero-order valence-electron chi connectivity index (χ0n) is 13.0. The second-order valence-corrected chi connectivity index (χ2v) is 8.00. The Labute approximate surface area is 117 Å². The minimum atomic E-state index is -3.14. The summed E-state index contributed by atoms with van der Waals surface area (Å²) >= 11 is 0. The molecule has 0 aliphatic rings. The van der Waals surface area contributed by atoms with Gasteiger partial charge in [0.15, 0.2) is 9.84 Å². The zero-order valence-corrected chi connectivity index (χ0v) is 13.8. The molecule has 0 aliphatic heterocycles. The summed E-state index contributed by atoms with van der Waals surface area (Å²) in [4.78, 5) is 0. The van der Waals surface area contributed by atoms with Crippen LogP contribution >= 0.6 is 0 Å². The van der Waals surface area contributed by atoms with Gasteiger partial charge in [-0.3, -0.25) is 0 Å². The van der Waals surface area contributed by atoms with Crippen LogP contribution in [0.15, 0.2) is 0 Å². The van der Waals surface area contributed by atoms with E-state index in [0.717, 1.165) is 16.7 Å². The molecule has 0 bridgehead atoms. The predicted molar refractivity (Wildman–Crippen MR) is 81.4 cm³/mol. The molecule has 2 atom stereocenters. The summed E-state index contributed by atoms with van der Waals surface area (Å²) in [6.45, 7) is 12.0. The number of hydrogen-bond donors (Lipinski definition) is 1. The maximum atomic E-state index is 11.7. The number of rotatable bonds is 3. The Kier molecular flexibility index (Phi) is 4.47. The van der Waals surface area contributed by atoms with Crippen molar-refractivity contribution < 1.29 is 8.42 Å². The van der Waals surface area contributed by atoms with Gasteiger partial charge in [-0.15, -0.1) is 0 Å². The normalized spacial score (nSPS) is 15.4. The van der Waals surface area contributed by atoms with E-state index in [0.29, 0.717) is 0 Å². The minimum absolute atomic E-state index is 0.479. The van der Waals surface area contributed by atoms with E-state index in [1.165, 1.54) is 22.9 Å². The largest absolute Gasteiger partial charge is 0.323 e. The highest BCUT2D eigenvalue weighted by atomic mass is 32.2. The second kappa shape index (κ2) is 5.25. The van der Waals surface area contributed by atoms with Gasteiger partial charge in [0.1, 0.15) is 0 Å². The average Bonchev–Trinajstić information content (AvgIpc) is 2.31. The molecule has 0 heterocycles. The summed E-state index contributed by atoms with van der Waals surface area (Å²) < 4.78 is 23.5. The van der Waals surface area contributed by atoms with Crippen LogP contribution in [0.1, 0.15) is 46.3 Å². The average molecular weight is 283 g/mol. The highest BCUT2D eigenvalue weighted by molar-refractivity contribution is 7.91. The lowest BCUT2D eigenvalue weighted by molar-refractivity contribution is 0.569. The molecular formula is C15H25NO2S. The van der Waals surface area contributed by atoms with Crippen LogP contribution in [0.3, 0.4) is 0 Å². The maximum Gasteiger partial charge on any atom is 0.151 e. The highest BCUT2D eigenvalue weighted by Gasteiger charge is 2.27. The fraction of sp³-hybridized carbons (Fsp3) is 0.600. The first kappa shape index (κ1) is 16.2. The van der Waals surface area contributed by atoms with Crippen molar-refractivity contribution in [2.24, 2.45) is 5.73 Å². The molecule has 1 aromatic carbocycles. The van der Waals surface area contributed by atoms with Crippen LogP contribution in [0.5, 0.6) is 0 Å². The summed E-state index contributed by atoms with van der Waals surface area (Å²) in [6, 6.07) is -0.479. The van der Waals surface area contributed by atoms with E-state index in [1.54, 1.807) is 6.92 Å². The Morgan fingerprint density at radius 2 is 1.16 bits per heavy atom. The lowest BCUT2D eigenvalue weighted by atomic mass is 9.86. The summed E-state index contributed by atoms with van der Waals surface area (Å²) in [6.07, 6.45) is 1.25. The van der Waals surface area contributed by atoms with E-state index in [-0.39, 0.29) is 0 Å². The smallest absolute Gasteiger partial charge is 0.151 e. The third kappa shape index (κ3) is 2.84. The second-order valence-electron chi connectivity index (χ2n) is 5.60. The molecule has 19 heavy (non-hydrogen) atoms. The first-order chi connectivity index (χ1) is 8.50. The van der Waals surface area contributed by atoms with Gasteiger partial charge in [-0.1, -0.05) is 0 Å². The molecule has 1 aromatic rings. The Balaban J connectivity index is 3.53. The fourth-order valence-corrected chi connectivity index (χ4v) is 3.20. The molecule has 2 N–H and O–H groups in total. The van der Waals surface area contributed by atoms with E-state index in [1.807, 2.05) is 13.8 Å². The molecule has 0 fully saturated rings. The molecule has 4 heteroatoms. The van der Waals surface area contributed by atoms with Gasteiger partial charge >= 0.3 is 0 Å². The van der Waals surface area contributed by atoms with E-state index in [4.69, 9.17) is 5.73 Å². The van der Waals surface area contributed by atoms with Crippen LogP contribution in [0.25, 0.3) is 0 Å². The van der Waals surface area contributed by atoms with Gasteiger partial charge in [-0.2, -0.15) is 0 Å². The van der Waals surface area contributed by atoms with E-state index in [2.05, 4.69) is 20.8 Å². The Morgan fingerprint density at radius 3 is 1.47 bits per heavy atom. The van der Waals surface area contributed by atoms with Gasteiger partial charge in [0, 0.05) is 12.3 Å². The Morgan fingerprint density at radius 1 is 0.842 bits per heavy atom. The van der Waals surface area contributed by atoms with Crippen molar-refractivity contribution in [2.75, 3.05) is 6.26 Å². The SMILES string of the molecule is Cc1c(C)c(C)c(C(N)C(C)S(C)(=O)=O)c(C)c1C. The van der Waals surface area contributed by atoms with Gasteiger partial charge < -0.3 is 5.73 Å². The third-order valence-electron chi connectivity index (χ3n) is 4.57. The number of hydrogen-bond acceptors (Lipinski definition) is 3. The molecule has 108 valence electrons. The lowest BCUT2D eigenvalue weighted by Crippen LogP contribution is -2.32. The van der Waals surface area contributed by atoms with Crippen molar-refractivity contribution in [1.29, 1.82) is 0 Å². The number of benzene rings is 1. The quantitative estimate of drug-likeness (QED) is 0.927. The Bertz CT molecular complexity index is 574. The first-order valence-corrected chi connectivity index (χ1v) is 8.46. The standard InChI is InChI=1S/C15H25NO2S/c1-8-9(2)11(4)14(12(5)10(8)3)15(16)13(6)19(7,17)18/h13,15H,16H2,1-7H3. The van der Waals surface area contributed by atoms with E-state index in [9.17, 15) is 8.42 Å². The highest BCUT2D eigenvalue weighted by Crippen LogP contribution is 2.32. The van der Waals surface area contributed by atoms with Crippen LogP contribution in [-0.2, 0) is 9.84 Å². The molecule has 1 rings (SSSR count). The predicted octanol–water partition coefficient (Wildman–Crippen LogP) is 2.66. The third-order valence-corrected chi connectivity index (χ3v) is 6.22. The van der Waals surface area contributed by atoms with Gasteiger partial charge in [0.2, 0.25) is 0 Å². The van der Waals surface area contributed by atoms with Crippen molar-refractivity contribution in [3.63, 3.8) is 0 Å². The van der Waals surface area contributed by atoms with Gasteiger partial charge in [0.25, 0.3) is 0 Å². The van der Waals surface area contributed by atoms with E-state index >= 15 is 0 Å². The van der Waals surface area contributed by atoms with Gasteiger partial charge in [-0.05, 0) is 74.9 Å². The molecule has 3 nitrogen and oxygen atoms in total. The summed E-state index contributed by atoms with van der Waals surface area (Å²) in [5.74, 6) is 0. The van der Waals surface area contributed by atoms with Crippen molar-refractivity contribution in [2.45, 2.75) is 52.8 Å². The zero-order chi connectivity index (χ0) is 15.1. The topological polar surface area (TPSA) is 60.2 Å². The van der Waals surface area contributed by atoms with Crippen LogP contribution < -0.4 is 5.73 Å². The monoisotopic (exact) mass is 283 g/mol. The van der Waals surface area contributed by atoms with Crippen molar-refractivity contribution in [3.8, 4) is 0 Å². The first-order valence-electron chi connectivity index (χ1n) is 6.51. The molecular weight excluding hydrogens is 258 g/mol. The van der Waals surface area contributed by atoms with E-state index < -0.39 is 21.1 Å². The maximum absolute atomic E-state index is 11.7. The van der Waals surface area contributed by atoms with Gasteiger partial charge in [-0.25, -0.2) is 8.42 Å². The van der Waals surface area contributed by atoms with Gasteiger partial charge in [0.05, 0.1) is 5.25 Å². The van der Waals surface area contributed by atoms with Crippen LogP contribution in [0, 0.1) is 34.6 Å². The van der Waals surface area contributed by atoms with Crippen LogP contribution in [-0.4, -0.2) is 19.9 Å². The molecule has 0 saturated heterocycles. The number of nitrogens with two attached hydrogens (primary N) is 1. The summed E-state index contributed by atoms with van der Waals surface area (Å²) in [7, 11) is -3.14.